The number of hydrogen-bond donors (Lipinski definition) is 2. The number of ether oxygens (including phenoxy) is 2. The van der Waals surface area contributed by atoms with Crippen molar-refractivity contribution in [2.75, 3.05) is 26.3 Å². The maximum absolute atomic E-state index is 13.1. The lowest BCUT2D eigenvalue weighted by Crippen LogP contribution is -2.47. The van der Waals surface area contributed by atoms with E-state index in [0.717, 1.165) is 0 Å². The summed E-state index contributed by atoms with van der Waals surface area (Å²) in [5.74, 6) is -5.10. The molecule has 0 fully saturated rings. The van der Waals surface area contributed by atoms with E-state index in [-0.39, 0.29) is 13.1 Å². The molecule has 2 N–H and O–H groups in total. The van der Waals surface area contributed by atoms with Gasteiger partial charge in [-0.1, -0.05) is 0 Å². The highest BCUT2D eigenvalue weighted by Crippen LogP contribution is 2.23. The Hall–Kier alpha value is -1.56. The molecule has 29 heavy (non-hydrogen) atoms. The Morgan fingerprint density at radius 1 is 0.793 bits per heavy atom. The van der Waals surface area contributed by atoms with Crippen LogP contribution in [0.3, 0.4) is 0 Å². The highest BCUT2D eigenvalue weighted by molar-refractivity contribution is 7.88. The van der Waals surface area contributed by atoms with Crippen LogP contribution in [0.4, 0.5) is 17.6 Å². The van der Waals surface area contributed by atoms with E-state index in [1.165, 1.54) is 25.7 Å². The van der Waals surface area contributed by atoms with Gasteiger partial charge in [0.15, 0.2) is 0 Å². The molecule has 172 valence electrons. The van der Waals surface area contributed by atoms with Gasteiger partial charge in [-0.15, -0.1) is 0 Å². The van der Waals surface area contributed by atoms with Crippen molar-refractivity contribution in [1.82, 2.24) is 4.90 Å². The fraction of sp³-hybridized carbons (Fsp3) is 0.833. The Morgan fingerprint density at radius 2 is 1.07 bits per heavy atom. The second kappa shape index (κ2) is 9.07. The van der Waals surface area contributed by atoms with Crippen molar-refractivity contribution in [2.24, 2.45) is 0 Å². The van der Waals surface area contributed by atoms with E-state index in [2.05, 4.69) is 9.47 Å². The summed E-state index contributed by atoms with van der Waals surface area (Å²) in [7, 11) is -12.1. The minimum absolute atomic E-state index is 0.372. The molecule has 11 nitrogen and oxygen atoms in total. The van der Waals surface area contributed by atoms with Gasteiger partial charge in [0.05, 0.1) is 0 Å². The number of alkyl halides is 4. The maximum atomic E-state index is 13.1. The van der Waals surface area contributed by atoms with Gasteiger partial charge in [-0.2, -0.15) is 34.4 Å². The summed E-state index contributed by atoms with van der Waals surface area (Å²) in [6.07, 6.45) is 0. The Kier molecular flexibility index (Phi) is 8.58. The first-order valence-electron chi connectivity index (χ1n) is 7.45. The van der Waals surface area contributed by atoms with Gasteiger partial charge in [0.25, 0.3) is 0 Å². The van der Waals surface area contributed by atoms with Gasteiger partial charge in [-0.3, -0.25) is 14.0 Å². The third-order valence-electron chi connectivity index (χ3n) is 3.26. The summed E-state index contributed by atoms with van der Waals surface area (Å²) >= 11 is 0. The number of halogens is 4. The topological polar surface area (TPSA) is 165 Å². The van der Waals surface area contributed by atoms with Crippen molar-refractivity contribution >= 4 is 32.2 Å². The maximum Gasteiger partial charge on any atom is 0.465 e. The molecule has 0 unspecified atom stereocenters. The molecule has 0 aliphatic heterocycles. The smallest absolute Gasteiger partial charge is 0.459 e. The van der Waals surface area contributed by atoms with Crippen molar-refractivity contribution in [3.63, 3.8) is 0 Å². The monoisotopic (exact) mass is 477 g/mol. The Morgan fingerprint density at radius 3 is 1.28 bits per heavy atom. The summed E-state index contributed by atoms with van der Waals surface area (Å²) in [6.45, 7) is 2.22. The summed E-state index contributed by atoms with van der Waals surface area (Å²) in [6, 6.07) is 0. The van der Waals surface area contributed by atoms with E-state index in [1.807, 2.05) is 0 Å². The number of hydrogen-bond acceptors (Lipinski definition) is 9. The SMILES string of the molecule is CC(C)(C)N(CCOC(=O)C(F)(F)S(=O)(=O)O)CCOC(=O)C(F)(F)S(=O)(=O)O. The van der Waals surface area contributed by atoms with Crippen LogP contribution in [0.1, 0.15) is 20.8 Å². The van der Waals surface area contributed by atoms with Crippen molar-refractivity contribution in [2.45, 2.75) is 36.8 Å². The fourth-order valence-electron chi connectivity index (χ4n) is 1.66. The number of carbonyl (C=O) groups excluding carboxylic acids is 2. The molecule has 0 saturated heterocycles. The number of carbonyl (C=O) groups is 2. The third-order valence-corrected chi connectivity index (χ3v) is 4.89. The first kappa shape index (κ1) is 27.4. The predicted octanol–water partition coefficient (Wildman–Crippen LogP) is 0.135. The molecule has 0 atom stereocenters. The second-order valence-corrected chi connectivity index (χ2v) is 9.34. The van der Waals surface area contributed by atoms with Crippen LogP contribution < -0.4 is 0 Å². The van der Waals surface area contributed by atoms with E-state index in [9.17, 15) is 44.0 Å². The van der Waals surface area contributed by atoms with E-state index < -0.39 is 61.4 Å². The van der Waals surface area contributed by atoms with Gasteiger partial charge >= 0.3 is 42.7 Å². The van der Waals surface area contributed by atoms with Crippen LogP contribution in [0.25, 0.3) is 0 Å². The number of rotatable bonds is 10. The summed E-state index contributed by atoms with van der Waals surface area (Å²) < 4.78 is 119. The molecule has 0 bridgehead atoms. The summed E-state index contributed by atoms with van der Waals surface area (Å²) in [5, 5.41) is -10.4. The Bertz CT molecular complexity index is 758. The normalized spacial score (nSPS) is 14.0. The van der Waals surface area contributed by atoms with Crippen LogP contribution in [-0.4, -0.2) is 85.1 Å². The lowest BCUT2D eigenvalue weighted by Gasteiger charge is -2.35. The molecule has 0 rings (SSSR count). The Balaban J connectivity index is 4.88. The first-order chi connectivity index (χ1) is 12.7. The lowest BCUT2D eigenvalue weighted by molar-refractivity contribution is -0.163. The van der Waals surface area contributed by atoms with Gasteiger partial charge in [0.1, 0.15) is 13.2 Å². The Labute approximate surface area is 163 Å². The van der Waals surface area contributed by atoms with E-state index in [1.54, 1.807) is 0 Å². The van der Waals surface area contributed by atoms with Crippen LogP contribution >= 0.6 is 0 Å². The highest BCUT2D eigenvalue weighted by Gasteiger charge is 2.55. The molecular formula is C12H19F4NO10S2. The number of esters is 2. The zero-order valence-electron chi connectivity index (χ0n) is 15.3. The lowest BCUT2D eigenvalue weighted by atomic mass is 10.1. The molecule has 0 aromatic carbocycles. The molecule has 0 aromatic heterocycles. The first-order valence-corrected chi connectivity index (χ1v) is 10.3. The molecule has 0 amide bonds. The largest absolute Gasteiger partial charge is 0.465 e. The van der Waals surface area contributed by atoms with Gasteiger partial charge < -0.3 is 9.47 Å². The average Bonchev–Trinajstić information content (AvgIpc) is 2.49. The molecule has 0 aromatic rings. The van der Waals surface area contributed by atoms with E-state index >= 15 is 0 Å². The molecule has 0 spiro atoms. The average molecular weight is 477 g/mol. The molecule has 0 heterocycles. The quantitative estimate of drug-likeness (QED) is 0.250. The molecule has 0 aliphatic rings. The predicted molar refractivity (Wildman–Crippen MR) is 86.2 cm³/mol. The van der Waals surface area contributed by atoms with Gasteiger partial charge in [-0.25, -0.2) is 9.59 Å². The summed E-state index contributed by atoms with van der Waals surface area (Å²) in [5.41, 5.74) is -0.837. The van der Waals surface area contributed by atoms with E-state index in [4.69, 9.17) is 9.11 Å². The van der Waals surface area contributed by atoms with Crippen LogP contribution in [0, 0.1) is 0 Å². The summed E-state index contributed by atoms with van der Waals surface area (Å²) in [4.78, 5) is 23.4. The van der Waals surface area contributed by atoms with Crippen LogP contribution in [0.2, 0.25) is 0 Å². The molecule has 17 heteroatoms. The molecule has 0 radical (unpaired) electrons. The van der Waals surface area contributed by atoms with Crippen LogP contribution in [0.15, 0.2) is 0 Å². The zero-order chi connectivity index (χ0) is 23.5. The third kappa shape index (κ3) is 7.32. The van der Waals surface area contributed by atoms with Gasteiger partial charge in [0.2, 0.25) is 0 Å². The molecule has 0 saturated carbocycles. The van der Waals surface area contributed by atoms with Gasteiger partial charge in [-0.05, 0) is 20.8 Å². The van der Waals surface area contributed by atoms with Gasteiger partial charge in [0, 0.05) is 18.6 Å². The molecular weight excluding hydrogens is 458 g/mol. The second-order valence-electron chi connectivity index (χ2n) is 6.41. The van der Waals surface area contributed by atoms with Crippen LogP contribution in [-0.2, 0) is 39.3 Å². The highest BCUT2D eigenvalue weighted by atomic mass is 32.2. The van der Waals surface area contributed by atoms with Crippen molar-refractivity contribution in [1.29, 1.82) is 0 Å². The minimum Gasteiger partial charge on any atom is -0.459 e. The van der Waals surface area contributed by atoms with Crippen molar-refractivity contribution in [3.05, 3.63) is 0 Å². The van der Waals surface area contributed by atoms with Crippen molar-refractivity contribution in [3.8, 4) is 0 Å². The molecule has 0 aliphatic carbocycles. The van der Waals surface area contributed by atoms with E-state index in [0.29, 0.717) is 0 Å². The van der Waals surface area contributed by atoms with Crippen LogP contribution in [0.5, 0.6) is 0 Å². The number of nitrogens with zero attached hydrogens (tertiary/aromatic N) is 1. The minimum atomic E-state index is -6.05. The standard InChI is InChI=1S/C12H19F4NO10S2/c1-10(2,3)17(4-6-26-8(18)11(13,14)28(20,21)22)5-7-27-9(19)12(15,16)29(23,24)25/h4-7H2,1-3H3,(H,20,21,22)(H,23,24,25). The zero-order valence-corrected chi connectivity index (χ0v) is 16.9. The van der Waals surface area contributed by atoms with Crippen molar-refractivity contribution < 1.29 is 62.6 Å². The fourth-order valence-corrected chi connectivity index (χ4v) is 2.20.